The second-order valence-corrected chi connectivity index (χ2v) is 8.30. The Hall–Kier alpha value is -0.830. The quantitative estimate of drug-likeness (QED) is 0.912. The molecule has 3 nitrogen and oxygen atoms in total. The maximum absolute atomic E-state index is 4.63. The molecule has 1 aromatic heterocycles. The first-order valence-corrected chi connectivity index (χ1v) is 7.90. The lowest BCUT2D eigenvalue weighted by molar-refractivity contribution is 0.148. The van der Waals surface area contributed by atoms with Crippen LogP contribution in [0.15, 0.2) is 12.4 Å². The summed E-state index contributed by atoms with van der Waals surface area (Å²) >= 11 is 0. The molecule has 3 heteroatoms. The van der Waals surface area contributed by atoms with E-state index in [4.69, 9.17) is 0 Å². The molecule has 1 fully saturated rings. The molecule has 0 aliphatic heterocycles. The zero-order valence-corrected chi connectivity index (χ0v) is 14.0. The predicted molar refractivity (Wildman–Crippen MR) is 84.8 cm³/mol. The maximum Gasteiger partial charge on any atom is 0.111 e. The molecule has 0 bridgehead atoms. The van der Waals surface area contributed by atoms with Crippen molar-refractivity contribution in [3.63, 3.8) is 0 Å². The minimum Gasteiger partial charge on any atom is -0.338 e. The Bertz CT molecular complexity index is 439. The van der Waals surface area contributed by atoms with Crippen LogP contribution in [0, 0.1) is 11.3 Å². The molecule has 114 valence electrons. The fraction of sp³-hybridized carbons (Fsp3) is 0.824. The third kappa shape index (κ3) is 3.85. The smallest absolute Gasteiger partial charge is 0.111 e. The fourth-order valence-corrected chi connectivity index (χ4v) is 3.36. The summed E-state index contributed by atoms with van der Waals surface area (Å²) in [6, 6.07) is 0. The van der Waals surface area contributed by atoms with Gasteiger partial charge in [-0.2, -0.15) is 0 Å². The average molecular weight is 277 g/mol. The van der Waals surface area contributed by atoms with Gasteiger partial charge in [0.05, 0.1) is 0 Å². The van der Waals surface area contributed by atoms with Crippen LogP contribution in [0.4, 0.5) is 0 Å². The van der Waals surface area contributed by atoms with E-state index >= 15 is 0 Å². The van der Waals surface area contributed by atoms with Crippen molar-refractivity contribution < 1.29 is 0 Å². The van der Waals surface area contributed by atoms with E-state index in [2.05, 4.69) is 62.7 Å². The van der Waals surface area contributed by atoms with Gasteiger partial charge in [-0.25, -0.2) is 4.98 Å². The summed E-state index contributed by atoms with van der Waals surface area (Å²) in [4.78, 5) is 4.63. The van der Waals surface area contributed by atoms with E-state index in [1.807, 2.05) is 6.20 Å². The van der Waals surface area contributed by atoms with Crippen LogP contribution in [-0.4, -0.2) is 21.6 Å². The average Bonchev–Trinajstić information content (AvgIpc) is 2.71. The van der Waals surface area contributed by atoms with Gasteiger partial charge in [0.2, 0.25) is 0 Å². The molecule has 1 heterocycles. The Morgan fingerprint density at radius 3 is 2.65 bits per heavy atom. The third-order valence-corrected chi connectivity index (χ3v) is 4.62. The highest BCUT2D eigenvalue weighted by Gasteiger charge is 2.37. The molecule has 1 N–H and O–H groups in total. The van der Waals surface area contributed by atoms with E-state index in [9.17, 15) is 0 Å². The first kappa shape index (κ1) is 15.6. The molecule has 2 atom stereocenters. The van der Waals surface area contributed by atoms with Crippen molar-refractivity contribution in [1.82, 2.24) is 14.9 Å². The Morgan fingerprint density at radius 1 is 1.40 bits per heavy atom. The van der Waals surface area contributed by atoms with Gasteiger partial charge in [0, 0.05) is 30.9 Å². The van der Waals surface area contributed by atoms with Gasteiger partial charge in [-0.3, -0.25) is 0 Å². The largest absolute Gasteiger partial charge is 0.338 e. The van der Waals surface area contributed by atoms with Gasteiger partial charge in [-0.1, -0.05) is 13.8 Å². The number of rotatable bonds is 3. The van der Waals surface area contributed by atoms with E-state index in [1.165, 1.54) is 25.1 Å². The zero-order chi connectivity index (χ0) is 15.0. The molecule has 20 heavy (non-hydrogen) atoms. The first-order valence-electron chi connectivity index (χ1n) is 7.90. The number of aryl methyl sites for hydroxylation is 1. The number of nitrogens with zero attached hydrogens (tertiary/aromatic N) is 2. The summed E-state index contributed by atoms with van der Waals surface area (Å²) in [5.74, 6) is 2.54. The highest BCUT2D eigenvalue weighted by atomic mass is 15.0. The van der Waals surface area contributed by atoms with E-state index in [1.54, 1.807) is 0 Å². The van der Waals surface area contributed by atoms with E-state index in [-0.39, 0.29) is 5.54 Å². The topological polar surface area (TPSA) is 29.9 Å². The molecule has 0 spiro atoms. The lowest BCUT2D eigenvalue weighted by Crippen LogP contribution is -2.43. The van der Waals surface area contributed by atoms with Crippen LogP contribution in [-0.2, 0) is 7.05 Å². The Balaban J connectivity index is 2.15. The molecular formula is C17H31N3. The summed E-state index contributed by atoms with van der Waals surface area (Å²) in [6.45, 7) is 12.6. The monoisotopic (exact) mass is 277 g/mol. The fourth-order valence-electron chi connectivity index (χ4n) is 3.36. The summed E-state index contributed by atoms with van der Waals surface area (Å²) in [7, 11) is 2.12. The number of nitrogens with one attached hydrogen (secondary N) is 1. The van der Waals surface area contributed by atoms with Gasteiger partial charge in [-0.15, -0.1) is 0 Å². The second-order valence-electron chi connectivity index (χ2n) is 8.30. The maximum atomic E-state index is 4.63. The van der Waals surface area contributed by atoms with Crippen LogP contribution < -0.4 is 5.32 Å². The normalized spacial score (nSPS) is 26.7. The Morgan fingerprint density at radius 2 is 2.10 bits per heavy atom. The molecule has 0 amide bonds. The van der Waals surface area contributed by atoms with Gasteiger partial charge >= 0.3 is 0 Å². The van der Waals surface area contributed by atoms with E-state index < -0.39 is 0 Å². The van der Waals surface area contributed by atoms with Crippen LogP contribution in [0.2, 0.25) is 0 Å². The first-order chi connectivity index (χ1) is 9.18. The molecule has 1 aliphatic rings. The summed E-state index contributed by atoms with van der Waals surface area (Å²) in [5, 5.41) is 3.69. The third-order valence-electron chi connectivity index (χ3n) is 4.62. The minimum absolute atomic E-state index is 0.194. The van der Waals surface area contributed by atoms with Crippen molar-refractivity contribution in [2.45, 2.75) is 65.3 Å². The molecule has 2 unspecified atom stereocenters. The summed E-state index contributed by atoms with van der Waals surface area (Å²) in [6.07, 6.45) is 7.88. The zero-order valence-electron chi connectivity index (χ0n) is 14.0. The van der Waals surface area contributed by atoms with Gasteiger partial charge in [0.25, 0.3) is 0 Å². The Kier molecular flexibility index (Phi) is 4.29. The van der Waals surface area contributed by atoms with Crippen molar-refractivity contribution >= 4 is 0 Å². The molecule has 2 rings (SSSR count). The standard InChI is InChI=1S/C17H31N3/c1-16(2,3)19-12-13-7-8-17(4,5)11-14(13)15-18-9-10-20(15)6/h9-10,13-14,19H,7-8,11-12H2,1-6H3. The molecular weight excluding hydrogens is 246 g/mol. The van der Waals surface area contributed by atoms with Gasteiger partial charge in [0.1, 0.15) is 5.82 Å². The van der Waals surface area contributed by atoms with E-state index in [0.717, 1.165) is 6.54 Å². The molecule has 0 saturated heterocycles. The van der Waals surface area contributed by atoms with Crippen molar-refractivity contribution in [2.75, 3.05) is 6.54 Å². The number of aromatic nitrogens is 2. The number of hydrogen-bond donors (Lipinski definition) is 1. The van der Waals surface area contributed by atoms with Crippen molar-refractivity contribution in [1.29, 1.82) is 0 Å². The Labute approximate surface area is 124 Å². The van der Waals surface area contributed by atoms with Crippen LogP contribution in [0.3, 0.4) is 0 Å². The van der Waals surface area contributed by atoms with Crippen LogP contribution in [0.1, 0.15) is 65.6 Å². The molecule has 1 aliphatic carbocycles. The highest BCUT2D eigenvalue weighted by Crippen LogP contribution is 2.46. The molecule has 1 aromatic rings. The molecule has 1 saturated carbocycles. The van der Waals surface area contributed by atoms with Crippen molar-refractivity contribution in [3.8, 4) is 0 Å². The van der Waals surface area contributed by atoms with Crippen LogP contribution in [0.5, 0.6) is 0 Å². The van der Waals surface area contributed by atoms with Gasteiger partial charge in [0.15, 0.2) is 0 Å². The van der Waals surface area contributed by atoms with E-state index in [0.29, 0.717) is 17.3 Å². The second kappa shape index (κ2) is 5.51. The lowest BCUT2D eigenvalue weighted by atomic mass is 9.66. The summed E-state index contributed by atoms with van der Waals surface area (Å²) < 4.78 is 2.20. The van der Waals surface area contributed by atoms with Gasteiger partial charge in [-0.05, 0) is 57.9 Å². The van der Waals surface area contributed by atoms with Crippen LogP contribution >= 0.6 is 0 Å². The molecule has 0 radical (unpaired) electrons. The minimum atomic E-state index is 0.194. The highest BCUT2D eigenvalue weighted by molar-refractivity contribution is 5.06. The number of imidazole rings is 1. The lowest BCUT2D eigenvalue weighted by Gasteiger charge is -2.41. The van der Waals surface area contributed by atoms with Crippen LogP contribution in [0.25, 0.3) is 0 Å². The summed E-state index contributed by atoms with van der Waals surface area (Å²) in [5.41, 5.74) is 0.633. The van der Waals surface area contributed by atoms with Crippen molar-refractivity contribution in [3.05, 3.63) is 18.2 Å². The number of hydrogen-bond acceptors (Lipinski definition) is 2. The predicted octanol–water partition coefficient (Wildman–Crippen LogP) is 3.72. The molecule has 0 aromatic carbocycles. The van der Waals surface area contributed by atoms with Crippen molar-refractivity contribution in [2.24, 2.45) is 18.4 Å². The SMILES string of the molecule is Cn1ccnc1C1CC(C)(C)CCC1CNC(C)(C)C. The van der Waals surface area contributed by atoms with Gasteiger partial charge < -0.3 is 9.88 Å².